The number of carbonyl (C=O) groups is 1. The van der Waals surface area contributed by atoms with Gasteiger partial charge >= 0.3 is 0 Å². The van der Waals surface area contributed by atoms with Gasteiger partial charge in [-0.25, -0.2) is 4.98 Å². The van der Waals surface area contributed by atoms with Crippen LogP contribution in [-0.4, -0.2) is 26.6 Å². The van der Waals surface area contributed by atoms with Crippen LogP contribution in [0.15, 0.2) is 42.9 Å². The number of carbonyl (C=O) groups excluding carboxylic acids is 1. The molecule has 0 aliphatic rings. The van der Waals surface area contributed by atoms with E-state index in [1.807, 2.05) is 37.5 Å². The molecule has 5 nitrogen and oxygen atoms in total. The summed E-state index contributed by atoms with van der Waals surface area (Å²) in [6.45, 7) is 8.55. The standard InChI is InChI=1S/C19H24N4O/c1-4-22-13-17(16-7-5-6-8-18(16)22)19(24)21-11-14(2)12-23-10-9-20-15(23)3/h5-10,13-14H,4,11-12H2,1-3H3,(H,21,24)/t14-/m0/s1. The van der Waals surface area contributed by atoms with E-state index in [1.54, 1.807) is 6.20 Å². The van der Waals surface area contributed by atoms with Gasteiger partial charge in [0.1, 0.15) is 5.82 Å². The maximum atomic E-state index is 12.6. The highest BCUT2D eigenvalue weighted by atomic mass is 16.1. The van der Waals surface area contributed by atoms with Gasteiger partial charge in [-0.2, -0.15) is 0 Å². The number of benzene rings is 1. The molecule has 1 atom stereocenters. The van der Waals surface area contributed by atoms with E-state index >= 15 is 0 Å². The number of imidazole rings is 1. The number of amides is 1. The number of hydrogen-bond acceptors (Lipinski definition) is 2. The third kappa shape index (κ3) is 3.20. The molecule has 126 valence electrons. The van der Waals surface area contributed by atoms with Crippen LogP contribution in [0, 0.1) is 12.8 Å². The molecule has 0 spiro atoms. The molecule has 0 aliphatic heterocycles. The first-order valence-electron chi connectivity index (χ1n) is 8.44. The van der Waals surface area contributed by atoms with Gasteiger partial charge in [0.05, 0.1) is 5.56 Å². The molecule has 2 aromatic heterocycles. The monoisotopic (exact) mass is 324 g/mol. The molecule has 3 rings (SSSR count). The third-order valence-corrected chi connectivity index (χ3v) is 4.42. The minimum atomic E-state index is -0.00685. The first kappa shape index (κ1) is 16.3. The zero-order valence-electron chi connectivity index (χ0n) is 14.5. The zero-order valence-corrected chi connectivity index (χ0v) is 14.5. The van der Waals surface area contributed by atoms with Crippen LogP contribution in [-0.2, 0) is 13.1 Å². The van der Waals surface area contributed by atoms with Crippen LogP contribution in [0.3, 0.4) is 0 Å². The van der Waals surface area contributed by atoms with E-state index in [-0.39, 0.29) is 5.91 Å². The Kier molecular flexibility index (Phi) is 4.69. The molecule has 24 heavy (non-hydrogen) atoms. The van der Waals surface area contributed by atoms with Gasteiger partial charge in [-0.3, -0.25) is 4.79 Å². The van der Waals surface area contributed by atoms with Crippen molar-refractivity contribution in [3.05, 3.63) is 54.2 Å². The molecule has 1 amide bonds. The fourth-order valence-corrected chi connectivity index (χ4v) is 3.05. The van der Waals surface area contributed by atoms with Gasteiger partial charge < -0.3 is 14.5 Å². The fourth-order valence-electron chi connectivity index (χ4n) is 3.05. The number of para-hydroxylation sites is 1. The Labute approximate surface area is 142 Å². The smallest absolute Gasteiger partial charge is 0.253 e. The van der Waals surface area contributed by atoms with Crippen molar-refractivity contribution >= 4 is 16.8 Å². The van der Waals surface area contributed by atoms with Gasteiger partial charge in [0, 0.05) is 49.1 Å². The largest absolute Gasteiger partial charge is 0.352 e. The van der Waals surface area contributed by atoms with E-state index in [0.717, 1.165) is 35.4 Å². The van der Waals surface area contributed by atoms with Crippen molar-refractivity contribution in [3.63, 3.8) is 0 Å². The van der Waals surface area contributed by atoms with Crippen LogP contribution in [0.25, 0.3) is 10.9 Å². The van der Waals surface area contributed by atoms with E-state index in [9.17, 15) is 4.79 Å². The second kappa shape index (κ2) is 6.91. The fraction of sp³-hybridized carbons (Fsp3) is 0.368. The van der Waals surface area contributed by atoms with Crippen LogP contribution >= 0.6 is 0 Å². The molecule has 3 aromatic rings. The summed E-state index contributed by atoms with van der Waals surface area (Å²) >= 11 is 0. The van der Waals surface area contributed by atoms with Crippen LogP contribution in [0.4, 0.5) is 0 Å². The molecule has 1 N–H and O–H groups in total. The van der Waals surface area contributed by atoms with Gasteiger partial charge in [0.2, 0.25) is 0 Å². The molecule has 0 saturated carbocycles. The lowest BCUT2D eigenvalue weighted by molar-refractivity contribution is 0.0948. The lowest BCUT2D eigenvalue weighted by Crippen LogP contribution is -2.30. The highest BCUT2D eigenvalue weighted by Gasteiger charge is 2.15. The number of fused-ring (bicyclic) bond motifs is 1. The van der Waals surface area contributed by atoms with Gasteiger partial charge in [-0.15, -0.1) is 0 Å². The van der Waals surface area contributed by atoms with Crippen molar-refractivity contribution < 1.29 is 4.79 Å². The van der Waals surface area contributed by atoms with Crippen LogP contribution < -0.4 is 5.32 Å². The van der Waals surface area contributed by atoms with Crippen LogP contribution in [0.1, 0.15) is 30.0 Å². The highest BCUT2D eigenvalue weighted by Crippen LogP contribution is 2.21. The summed E-state index contributed by atoms with van der Waals surface area (Å²) in [4.78, 5) is 16.8. The predicted molar refractivity (Wildman–Crippen MR) is 96.1 cm³/mol. The Balaban J connectivity index is 1.68. The van der Waals surface area contributed by atoms with Crippen molar-refractivity contribution in [1.29, 1.82) is 0 Å². The molecular formula is C19H24N4O. The normalized spacial score (nSPS) is 12.5. The van der Waals surface area contributed by atoms with Crippen molar-refractivity contribution in [3.8, 4) is 0 Å². The first-order chi connectivity index (χ1) is 11.6. The van der Waals surface area contributed by atoms with Crippen molar-refractivity contribution in [1.82, 2.24) is 19.4 Å². The maximum absolute atomic E-state index is 12.6. The average Bonchev–Trinajstić information content (AvgIpc) is 3.16. The lowest BCUT2D eigenvalue weighted by atomic mass is 10.1. The molecule has 0 aliphatic carbocycles. The summed E-state index contributed by atoms with van der Waals surface area (Å²) in [6, 6.07) is 8.05. The summed E-state index contributed by atoms with van der Waals surface area (Å²) in [5.74, 6) is 1.33. The molecule has 1 aromatic carbocycles. The van der Waals surface area contributed by atoms with E-state index < -0.39 is 0 Å². The van der Waals surface area contributed by atoms with Gasteiger partial charge in [-0.05, 0) is 25.8 Å². The Hall–Kier alpha value is -2.56. The SMILES string of the molecule is CCn1cc(C(=O)NC[C@H](C)Cn2ccnc2C)c2ccccc21. The van der Waals surface area contributed by atoms with E-state index in [4.69, 9.17) is 0 Å². The van der Waals surface area contributed by atoms with E-state index in [2.05, 4.69) is 39.3 Å². The highest BCUT2D eigenvalue weighted by molar-refractivity contribution is 6.07. The molecule has 2 heterocycles. The summed E-state index contributed by atoms with van der Waals surface area (Å²) < 4.78 is 4.22. The Bertz CT molecular complexity index is 846. The number of nitrogens with zero attached hydrogens (tertiary/aromatic N) is 3. The molecule has 0 fully saturated rings. The van der Waals surface area contributed by atoms with Crippen LogP contribution in [0.2, 0.25) is 0 Å². The topological polar surface area (TPSA) is 51.9 Å². The lowest BCUT2D eigenvalue weighted by Gasteiger charge is -2.14. The Morgan fingerprint density at radius 1 is 1.29 bits per heavy atom. The van der Waals surface area contributed by atoms with Gasteiger partial charge in [0.15, 0.2) is 0 Å². The first-order valence-corrected chi connectivity index (χ1v) is 8.44. The third-order valence-electron chi connectivity index (χ3n) is 4.42. The summed E-state index contributed by atoms with van der Waals surface area (Å²) in [5, 5.41) is 4.08. The second-order valence-electron chi connectivity index (χ2n) is 6.29. The minimum absolute atomic E-state index is 0.00685. The summed E-state index contributed by atoms with van der Waals surface area (Å²) in [6.07, 6.45) is 5.73. The number of aromatic nitrogens is 3. The summed E-state index contributed by atoms with van der Waals surface area (Å²) in [7, 11) is 0. The molecule has 0 unspecified atom stereocenters. The van der Waals surface area contributed by atoms with Crippen molar-refractivity contribution in [2.75, 3.05) is 6.54 Å². The van der Waals surface area contributed by atoms with Crippen molar-refractivity contribution in [2.45, 2.75) is 33.9 Å². The quantitative estimate of drug-likeness (QED) is 0.757. The molecular weight excluding hydrogens is 300 g/mol. The number of aryl methyl sites for hydroxylation is 2. The maximum Gasteiger partial charge on any atom is 0.253 e. The van der Waals surface area contributed by atoms with Gasteiger partial charge in [-0.1, -0.05) is 25.1 Å². The predicted octanol–water partition coefficient (Wildman–Crippen LogP) is 3.23. The molecule has 0 bridgehead atoms. The van der Waals surface area contributed by atoms with Crippen LogP contribution in [0.5, 0.6) is 0 Å². The number of rotatable bonds is 6. The Morgan fingerprint density at radius 3 is 2.79 bits per heavy atom. The molecule has 5 heteroatoms. The minimum Gasteiger partial charge on any atom is -0.352 e. The average molecular weight is 324 g/mol. The zero-order chi connectivity index (χ0) is 17.1. The molecule has 0 radical (unpaired) electrons. The Morgan fingerprint density at radius 2 is 2.08 bits per heavy atom. The summed E-state index contributed by atoms with van der Waals surface area (Å²) in [5.41, 5.74) is 1.85. The molecule has 0 saturated heterocycles. The second-order valence-corrected chi connectivity index (χ2v) is 6.29. The number of nitrogens with one attached hydrogen (secondary N) is 1. The van der Waals surface area contributed by atoms with Crippen molar-refractivity contribution in [2.24, 2.45) is 5.92 Å². The van der Waals surface area contributed by atoms with E-state index in [0.29, 0.717) is 12.5 Å². The van der Waals surface area contributed by atoms with E-state index in [1.165, 1.54) is 0 Å². The number of hydrogen-bond donors (Lipinski definition) is 1. The van der Waals surface area contributed by atoms with Gasteiger partial charge in [0.25, 0.3) is 5.91 Å².